The van der Waals surface area contributed by atoms with E-state index in [9.17, 15) is 5.21 Å². The van der Waals surface area contributed by atoms with E-state index >= 15 is 0 Å². The Morgan fingerprint density at radius 1 is 1.44 bits per heavy atom. The van der Waals surface area contributed by atoms with Crippen LogP contribution in [0.25, 0.3) is 16.7 Å². The van der Waals surface area contributed by atoms with E-state index in [0.29, 0.717) is 31.7 Å². The Kier molecular flexibility index (Phi) is 1.78. The molecule has 3 rings (SSSR count). The number of rotatable bonds is 0. The topological polar surface area (TPSA) is 83.1 Å². The molecule has 0 amide bonds. The fourth-order valence-corrected chi connectivity index (χ4v) is 1.94. The zero-order valence-corrected chi connectivity index (χ0v) is 9.55. The minimum atomic E-state index is 0.392. The fraction of sp³-hybridized carbons (Fsp3) is 0. The Balaban J connectivity index is 2.60. The predicted octanol–water partition coefficient (Wildman–Crippen LogP) is 0.861. The number of halogens is 1. The number of anilines is 1. The Morgan fingerprint density at radius 2 is 2.25 bits per heavy atom. The highest BCUT2D eigenvalue weighted by Crippen LogP contribution is 2.19. The van der Waals surface area contributed by atoms with Crippen molar-refractivity contribution in [2.24, 2.45) is 0 Å². The number of benzene rings is 1. The average molecular weight is 280 g/mol. The lowest BCUT2D eigenvalue weighted by Gasteiger charge is -2.02. The first-order chi connectivity index (χ1) is 7.66. The lowest BCUT2D eigenvalue weighted by atomic mass is 10.3. The molecule has 2 heterocycles. The van der Waals surface area contributed by atoms with Gasteiger partial charge in [0, 0.05) is 16.9 Å². The number of aromatic nitrogens is 4. The van der Waals surface area contributed by atoms with Crippen LogP contribution >= 0.6 is 15.9 Å². The maximum atomic E-state index is 11.7. The molecule has 1 aromatic carbocycles. The van der Waals surface area contributed by atoms with Crippen LogP contribution in [-0.4, -0.2) is 14.7 Å². The Bertz CT molecular complexity index is 708. The maximum Gasteiger partial charge on any atom is 0.272 e. The van der Waals surface area contributed by atoms with Crippen LogP contribution in [0.2, 0.25) is 0 Å². The molecule has 16 heavy (non-hydrogen) atoms. The smallest absolute Gasteiger partial charge is 0.272 e. The highest BCUT2D eigenvalue weighted by Gasteiger charge is 2.14. The largest absolute Gasteiger partial charge is 0.594 e. The summed E-state index contributed by atoms with van der Waals surface area (Å²) in [6, 6.07) is 5.04. The van der Waals surface area contributed by atoms with Crippen molar-refractivity contribution in [2.45, 2.75) is 0 Å². The van der Waals surface area contributed by atoms with Crippen molar-refractivity contribution in [1.29, 1.82) is 0 Å². The van der Waals surface area contributed by atoms with E-state index in [-0.39, 0.29) is 0 Å². The van der Waals surface area contributed by atoms with Crippen molar-refractivity contribution >= 4 is 38.3 Å². The number of nitrogens with zero attached hydrogens (tertiary/aromatic N) is 4. The van der Waals surface area contributed by atoms with E-state index in [2.05, 4.69) is 26.1 Å². The molecule has 0 aliphatic heterocycles. The third-order valence-corrected chi connectivity index (χ3v) is 2.88. The van der Waals surface area contributed by atoms with E-state index in [0.717, 1.165) is 0 Å². The molecule has 0 aliphatic carbocycles. The van der Waals surface area contributed by atoms with Crippen LogP contribution in [0.1, 0.15) is 0 Å². The van der Waals surface area contributed by atoms with Crippen molar-refractivity contribution < 1.29 is 4.85 Å². The van der Waals surface area contributed by atoms with Crippen molar-refractivity contribution in [3.63, 3.8) is 0 Å². The van der Waals surface area contributed by atoms with Gasteiger partial charge in [-0.3, -0.25) is 0 Å². The zero-order chi connectivity index (χ0) is 11.3. The number of nitrogen functional groups attached to an aromatic ring is 1. The van der Waals surface area contributed by atoms with E-state index in [1.54, 1.807) is 28.9 Å². The Morgan fingerprint density at radius 3 is 3.06 bits per heavy atom. The van der Waals surface area contributed by atoms with Crippen LogP contribution < -0.4 is 10.6 Å². The van der Waals surface area contributed by atoms with Gasteiger partial charge in [-0.2, -0.15) is 5.10 Å². The first-order valence-electron chi connectivity index (χ1n) is 4.49. The molecule has 7 heteroatoms. The molecular weight excluding hydrogens is 274 g/mol. The molecule has 2 aromatic heterocycles. The van der Waals surface area contributed by atoms with Crippen LogP contribution in [0.15, 0.2) is 28.9 Å². The lowest BCUT2D eigenvalue weighted by molar-refractivity contribution is -0.640. The fourth-order valence-electron chi connectivity index (χ4n) is 1.60. The quantitative estimate of drug-likeness (QED) is 0.376. The Labute approximate surface area is 98.0 Å². The molecule has 0 radical (unpaired) electrons. The predicted molar refractivity (Wildman–Crippen MR) is 61.6 cm³/mol. The van der Waals surface area contributed by atoms with Crippen LogP contribution in [0.4, 0.5) is 5.69 Å². The normalized spacial score (nSPS) is 11.3. The standard InChI is InChI=1S/C9H6BrN5O/c10-6-4-12-14-7-2-1-5(11)3-8(7)15(16)13-9(6)14/h1-4H,11H2. The van der Waals surface area contributed by atoms with Gasteiger partial charge in [-0.1, -0.05) is 0 Å². The molecule has 0 fully saturated rings. The van der Waals surface area contributed by atoms with Gasteiger partial charge in [0.2, 0.25) is 5.65 Å². The van der Waals surface area contributed by atoms with E-state index < -0.39 is 0 Å². The summed E-state index contributed by atoms with van der Waals surface area (Å²) in [7, 11) is 0. The van der Waals surface area contributed by atoms with Crippen LogP contribution in [-0.2, 0) is 0 Å². The highest BCUT2D eigenvalue weighted by atomic mass is 79.9. The second kappa shape index (κ2) is 3.05. The third kappa shape index (κ3) is 1.15. The number of fused-ring (bicyclic) bond motifs is 3. The van der Waals surface area contributed by atoms with Crippen molar-refractivity contribution in [1.82, 2.24) is 14.7 Å². The first-order valence-corrected chi connectivity index (χ1v) is 5.28. The van der Waals surface area contributed by atoms with Gasteiger partial charge >= 0.3 is 0 Å². The molecule has 0 atom stereocenters. The van der Waals surface area contributed by atoms with Crippen molar-refractivity contribution in [2.75, 3.05) is 5.73 Å². The van der Waals surface area contributed by atoms with Gasteiger partial charge in [0.05, 0.1) is 10.7 Å². The number of hydrogen-bond donors (Lipinski definition) is 1. The third-order valence-electron chi connectivity index (χ3n) is 2.32. The maximum absolute atomic E-state index is 11.7. The summed E-state index contributed by atoms with van der Waals surface area (Å²) in [5.74, 6) is 0. The van der Waals surface area contributed by atoms with Crippen molar-refractivity contribution in [3.05, 3.63) is 34.1 Å². The SMILES string of the molecule is Nc1ccc2c(c1)[n+]([O-])nc1c(Br)cnn12. The summed E-state index contributed by atoms with van der Waals surface area (Å²) in [5.41, 5.74) is 7.68. The average Bonchev–Trinajstić information content (AvgIpc) is 2.61. The Hall–Kier alpha value is -1.89. The number of nitrogens with two attached hydrogens (primary N) is 1. The summed E-state index contributed by atoms with van der Waals surface area (Å²) < 4.78 is 2.27. The highest BCUT2D eigenvalue weighted by molar-refractivity contribution is 9.10. The molecule has 0 saturated heterocycles. The number of hydrogen-bond acceptors (Lipinski definition) is 4. The van der Waals surface area contributed by atoms with E-state index in [1.807, 2.05) is 0 Å². The lowest BCUT2D eigenvalue weighted by Crippen LogP contribution is -2.33. The molecule has 0 aliphatic rings. The van der Waals surface area contributed by atoms with E-state index in [1.165, 1.54) is 0 Å². The van der Waals surface area contributed by atoms with Gasteiger partial charge in [0.25, 0.3) is 5.52 Å². The van der Waals surface area contributed by atoms with Gasteiger partial charge in [-0.25, -0.2) is 4.52 Å². The zero-order valence-electron chi connectivity index (χ0n) is 7.96. The molecule has 2 N–H and O–H groups in total. The van der Waals surface area contributed by atoms with E-state index in [4.69, 9.17) is 5.73 Å². The second-order valence-corrected chi connectivity index (χ2v) is 4.20. The first kappa shape index (κ1) is 9.34. The van der Waals surface area contributed by atoms with Crippen LogP contribution in [0.3, 0.4) is 0 Å². The van der Waals surface area contributed by atoms with Crippen molar-refractivity contribution in [3.8, 4) is 0 Å². The van der Waals surface area contributed by atoms with Crippen LogP contribution in [0.5, 0.6) is 0 Å². The van der Waals surface area contributed by atoms with Crippen LogP contribution in [0, 0.1) is 5.21 Å². The summed E-state index contributed by atoms with van der Waals surface area (Å²) >= 11 is 3.28. The molecule has 80 valence electrons. The molecule has 0 bridgehead atoms. The minimum Gasteiger partial charge on any atom is -0.594 e. The summed E-state index contributed by atoms with van der Waals surface area (Å²) in [6.07, 6.45) is 1.60. The summed E-state index contributed by atoms with van der Waals surface area (Å²) in [4.78, 5) is 0.549. The molecule has 0 spiro atoms. The van der Waals surface area contributed by atoms with Gasteiger partial charge < -0.3 is 10.9 Å². The van der Waals surface area contributed by atoms with Gasteiger partial charge in [-0.05, 0) is 32.9 Å². The molecule has 0 saturated carbocycles. The van der Waals surface area contributed by atoms with Gasteiger partial charge in [-0.15, -0.1) is 0 Å². The molecular formula is C9H6BrN5O. The molecule has 0 unspecified atom stereocenters. The minimum absolute atomic E-state index is 0.392. The summed E-state index contributed by atoms with van der Waals surface area (Å²) in [5, 5.41) is 19.7. The summed E-state index contributed by atoms with van der Waals surface area (Å²) in [6.45, 7) is 0. The second-order valence-electron chi connectivity index (χ2n) is 3.35. The van der Waals surface area contributed by atoms with Gasteiger partial charge in [0.1, 0.15) is 5.52 Å². The molecule has 3 aromatic rings. The monoisotopic (exact) mass is 279 g/mol. The molecule has 6 nitrogen and oxygen atoms in total. The van der Waals surface area contributed by atoms with Gasteiger partial charge in [0.15, 0.2) is 0 Å².